The fourth-order valence-corrected chi connectivity index (χ4v) is 2.50. The van der Waals surface area contributed by atoms with Crippen molar-refractivity contribution in [2.45, 2.75) is 0 Å². The molecule has 0 aliphatic rings. The molecule has 0 aliphatic carbocycles. The maximum absolute atomic E-state index is 13.0. The number of hydrogen-bond donors (Lipinski definition) is 1. The van der Waals surface area contributed by atoms with E-state index in [0.717, 1.165) is 12.1 Å². The second-order valence-electron chi connectivity index (χ2n) is 4.00. The third kappa shape index (κ3) is 3.64. The number of benzene rings is 2. The van der Waals surface area contributed by atoms with Gasteiger partial charge in [-0.05, 0) is 46.3 Å². The summed E-state index contributed by atoms with van der Waals surface area (Å²) in [4.78, 5) is 22.5. The summed E-state index contributed by atoms with van der Waals surface area (Å²) in [5, 5.41) is 13.4. The van der Waals surface area contributed by atoms with E-state index in [2.05, 4.69) is 37.2 Å². The molecule has 0 atom stereocenters. The lowest BCUT2D eigenvalue weighted by atomic mass is 10.2. The molecule has 2 aromatic rings. The average Bonchev–Trinajstić information content (AvgIpc) is 2.40. The van der Waals surface area contributed by atoms with Crippen molar-refractivity contribution in [1.29, 1.82) is 0 Å². The normalized spacial score (nSPS) is 10.2. The lowest BCUT2D eigenvalue weighted by Gasteiger charge is -2.08. The van der Waals surface area contributed by atoms with E-state index < -0.39 is 16.6 Å². The zero-order valence-corrected chi connectivity index (χ0v) is 13.4. The molecule has 0 unspecified atom stereocenters. The van der Waals surface area contributed by atoms with Crippen molar-refractivity contribution in [2.24, 2.45) is 0 Å². The zero-order chi connectivity index (χ0) is 15.6. The number of nitrogens with zero attached hydrogens (tertiary/aromatic N) is 1. The summed E-state index contributed by atoms with van der Waals surface area (Å²) in [6.07, 6.45) is 0. The van der Waals surface area contributed by atoms with Crippen molar-refractivity contribution in [3.05, 3.63) is 66.8 Å². The summed E-state index contributed by atoms with van der Waals surface area (Å²) < 4.78 is 13.8. The van der Waals surface area contributed by atoms with Gasteiger partial charge in [-0.15, -0.1) is 0 Å². The van der Waals surface area contributed by atoms with Crippen LogP contribution in [-0.2, 0) is 0 Å². The summed E-state index contributed by atoms with van der Waals surface area (Å²) in [5.74, 6) is -1.07. The van der Waals surface area contributed by atoms with Crippen LogP contribution >= 0.6 is 31.9 Å². The number of nitrogens with one attached hydrogen (secondary N) is 1. The molecule has 2 aromatic carbocycles. The fraction of sp³-hybridized carbons (Fsp3) is 0. The van der Waals surface area contributed by atoms with E-state index in [1.165, 1.54) is 18.2 Å². The van der Waals surface area contributed by atoms with Gasteiger partial charge >= 0.3 is 0 Å². The van der Waals surface area contributed by atoms with E-state index in [1.807, 2.05) is 0 Å². The number of hydrogen-bond acceptors (Lipinski definition) is 3. The molecule has 0 saturated heterocycles. The molecule has 0 spiro atoms. The summed E-state index contributed by atoms with van der Waals surface area (Å²) in [7, 11) is 0. The van der Waals surface area contributed by atoms with Crippen LogP contribution < -0.4 is 5.32 Å². The Morgan fingerprint density at radius 2 is 1.90 bits per heavy atom. The Hall–Kier alpha value is -1.80. The highest BCUT2D eigenvalue weighted by atomic mass is 79.9. The van der Waals surface area contributed by atoms with Gasteiger partial charge in [0.2, 0.25) is 0 Å². The maximum atomic E-state index is 13.0. The van der Waals surface area contributed by atoms with E-state index in [9.17, 15) is 19.3 Å². The Morgan fingerprint density at radius 1 is 1.19 bits per heavy atom. The lowest BCUT2D eigenvalue weighted by Crippen LogP contribution is -2.13. The SMILES string of the molecule is O=C(Nc1ccc(Br)cc1[N+](=O)[O-])c1ccc(F)cc1Br. The van der Waals surface area contributed by atoms with E-state index in [4.69, 9.17) is 0 Å². The van der Waals surface area contributed by atoms with Gasteiger partial charge in [0.05, 0.1) is 10.5 Å². The van der Waals surface area contributed by atoms with Crippen LogP contribution in [0.3, 0.4) is 0 Å². The van der Waals surface area contributed by atoms with E-state index in [-0.39, 0.29) is 21.4 Å². The predicted octanol–water partition coefficient (Wildman–Crippen LogP) is 4.51. The smallest absolute Gasteiger partial charge is 0.293 e. The molecular formula is C13H7Br2FN2O3. The van der Waals surface area contributed by atoms with Crippen LogP contribution in [-0.4, -0.2) is 10.8 Å². The molecular weight excluding hydrogens is 411 g/mol. The molecule has 0 aromatic heterocycles. The van der Waals surface area contributed by atoms with Crippen molar-refractivity contribution in [3.63, 3.8) is 0 Å². The summed E-state index contributed by atoms with van der Waals surface area (Å²) in [5.41, 5.74) is -0.00555. The molecule has 2 rings (SSSR count). The van der Waals surface area contributed by atoms with Crippen LogP contribution in [0.2, 0.25) is 0 Å². The van der Waals surface area contributed by atoms with E-state index in [1.54, 1.807) is 6.07 Å². The topological polar surface area (TPSA) is 72.2 Å². The molecule has 0 heterocycles. The number of anilines is 1. The molecule has 0 fully saturated rings. The van der Waals surface area contributed by atoms with Crippen LogP contribution in [0.4, 0.5) is 15.8 Å². The van der Waals surface area contributed by atoms with Crippen LogP contribution in [0.25, 0.3) is 0 Å². The summed E-state index contributed by atoms with van der Waals surface area (Å²) in [6.45, 7) is 0. The quantitative estimate of drug-likeness (QED) is 0.589. The Bertz CT molecular complexity index is 737. The van der Waals surface area contributed by atoms with Gasteiger partial charge in [-0.3, -0.25) is 14.9 Å². The van der Waals surface area contributed by atoms with Crippen LogP contribution in [0.5, 0.6) is 0 Å². The van der Waals surface area contributed by atoms with Gasteiger partial charge in [0.1, 0.15) is 11.5 Å². The van der Waals surface area contributed by atoms with E-state index >= 15 is 0 Å². The number of rotatable bonds is 3. The second kappa shape index (κ2) is 6.31. The lowest BCUT2D eigenvalue weighted by molar-refractivity contribution is -0.384. The van der Waals surface area contributed by atoms with Gasteiger partial charge in [-0.25, -0.2) is 4.39 Å². The van der Waals surface area contributed by atoms with Crippen molar-refractivity contribution >= 4 is 49.1 Å². The largest absolute Gasteiger partial charge is 0.316 e. The van der Waals surface area contributed by atoms with Crippen molar-refractivity contribution in [3.8, 4) is 0 Å². The van der Waals surface area contributed by atoms with Gasteiger partial charge < -0.3 is 5.32 Å². The van der Waals surface area contributed by atoms with Gasteiger partial charge in [-0.1, -0.05) is 15.9 Å². The molecule has 5 nitrogen and oxygen atoms in total. The standard InChI is InChI=1S/C13H7Br2FN2O3/c14-7-1-4-11(12(5-7)18(20)21)17-13(19)9-3-2-8(16)6-10(9)15/h1-6H,(H,17,19). The van der Waals surface area contributed by atoms with Gasteiger partial charge in [0.25, 0.3) is 11.6 Å². The number of amides is 1. The monoisotopic (exact) mass is 416 g/mol. The van der Waals surface area contributed by atoms with Crippen LogP contribution in [0.1, 0.15) is 10.4 Å². The summed E-state index contributed by atoms with van der Waals surface area (Å²) >= 11 is 6.21. The fourth-order valence-electron chi connectivity index (χ4n) is 1.62. The molecule has 0 radical (unpaired) electrons. The first-order chi connectivity index (χ1) is 9.88. The van der Waals surface area contributed by atoms with Crippen molar-refractivity contribution in [1.82, 2.24) is 0 Å². The first kappa shape index (κ1) is 15.6. The van der Waals surface area contributed by atoms with Gasteiger partial charge in [0.15, 0.2) is 0 Å². The molecule has 0 aliphatic heterocycles. The minimum absolute atomic E-state index is 0.0597. The maximum Gasteiger partial charge on any atom is 0.293 e. The minimum atomic E-state index is -0.597. The highest BCUT2D eigenvalue weighted by Crippen LogP contribution is 2.29. The Balaban J connectivity index is 2.34. The number of halogens is 3. The van der Waals surface area contributed by atoms with Crippen molar-refractivity contribution < 1.29 is 14.1 Å². The predicted molar refractivity (Wildman–Crippen MR) is 82.8 cm³/mol. The van der Waals surface area contributed by atoms with E-state index in [0.29, 0.717) is 4.47 Å². The molecule has 108 valence electrons. The molecule has 8 heteroatoms. The summed E-state index contributed by atoms with van der Waals surface area (Å²) in [6, 6.07) is 7.84. The number of carbonyl (C=O) groups excluding carboxylic acids is 1. The second-order valence-corrected chi connectivity index (χ2v) is 5.77. The number of carbonyl (C=O) groups is 1. The highest BCUT2D eigenvalue weighted by Gasteiger charge is 2.18. The molecule has 0 saturated carbocycles. The molecule has 21 heavy (non-hydrogen) atoms. The van der Waals surface area contributed by atoms with Gasteiger partial charge in [-0.2, -0.15) is 0 Å². The van der Waals surface area contributed by atoms with Crippen LogP contribution in [0.15, 0.2) is 45.3 Å². The molecule has 0 bridgehead atoms. The van der Waals surface area contributed by atoms with Crippen LogP contribution in [0, 0.1) is 15.9 Å². The molecule has 1 amide bonds. The Labute approximate surface area is 135 Å². The highest BCUT2D eigenvalue weighted by molar-refractivity contribution is 9.10. The molecule has 1 N–H and O–H groups in total. The van der Waals surface area contributed by atoms with Crippen molar-refractivity contribution in [2.75, 3.05) is 5.32 Å². The Morgan fingerprint density at radius 3 is 2.52 bits per heavy atom. The third-order valence-electron chi connectivity index (χ3n) is 2.58. The third-order valence-corrected chi connectivity index (χ3v) is 3.73. The minimum Gasteiger partial charge on any atom is -0.316 e. The Kier molecular flexibility index (Phi) is 4.69. The number of nitro groups is 1. The first-order valence-corrected chi connectivity index (χ1v) is 7.17. The number of nitro benzene ring substituents is 1. The average molecular weight is 418 g/mol. The zero-order valence-electron chi connectivity index (χ0n) is 10.3. The first-order valence-electron chi connectivity index (χ1n) is 5.59. The van der Waals surface area contributed by atoms with Gasteiger partial charge in [0, 0.05) is 15.0 Å².